The quantitative estimate of drug-likeness (QED) is 0.894. The maximum absolute atomic E-state index is 11.9. The van der Waals surface area contributed by atoms with Gasteiger partial charge in [-0.15, -0.1) is 0 Å². The van der Waals surface area contributed by atoms with Crippen LogP contribution in [0.25, 0.3) is 0 Å². The summed E-state index contributed by atoms with van der Waals surface area (Å²) in [7, 11) is 0. The molecule has 1 amide bonds. The predicted molar refractivity (Wildman–Crippen MR) is 70.7 cm³/mol. The number of carbonyl (C=O) groups is 1. The Kier molecular flexibility index (Phi) is 3.39. The molecule has 5 heteroatoms. The van der Waals surface area contributed by atoms with Crippen LogP contribution >= 0.6 is 15.9 Å². The Morgan fingerprint density at radius 3 is 2.82 bits per heavy atom. The summed E-state index contributed by atoms with van der Waals surface area (Å²) in [5.74, 6) is 0.115. The number of rotatable bonds is 2. The largest absolute Gasteiger partial charge is 0.384 e. The zero-order valence-electron chi connectivity index (χ0n) is 8.85. The molecule has 0 aliphatic carbocycles. The van der Waals surface area contributed by atoms with Crippen molar-refractivity contribution >= 4 is 33.3 Å². The summed E-state index contributed by atoms with van der Waals surface area (Å²) in [5.41, 5.74) is 6.72. The summed E-state index contributed by atoms with van der Waals surface area (Å²) in [5, 5.41) is 2.77. The number of halogens is 1. The van der Waals surface area contributed by atoms with Crippen molar-refractivity contribution in [2.45, 2.75) is 0 Å². The lowest BCUT2D eigenvalue weighted by Gasteiger charge is -2.05. The number of anilines is 2. The van der Waals surface area contributed by atoms with E-state index in [9.17, 15) is 4.79 Å². The normalized spacial score (nSPS) is 9.94. The van der Waals surface area contributed by atoms with Gasteiger partial charge in [0.25, 0.3) is 5.91 Å². The summed E-state index contributed by atoms with van der Waals surface area (Å²) < 4.78 is 0.907. The molecule has 0 saturated carbocycles. The molecule has 2 aromatic rings. The van der Waals surface area contributed by atoms with Crippen molar-refractivity contribution in [2.24, 2.45) is 0 Å². The maximum Gasteiger partial charge on any atom is 0.255 e. The van der Waals surface area contributed by atoms with Gasteiger partial charge in [0.05, 0.1) is 0 Å². The topological polar surface area (TPSA) is 68.0 Å². The van der Waals surface area contributed by atoms with Crippen LogP contribution in [0.5, 0.6) is 0 Å². The number of hydrogen-bond acceptors (Lipinski definition) is 3. The van der Waals surface area contributed by atoms with E-state index in [0.29, 0.717) is 11.4 Å². The third kappa shape index (κ3) is 3.04. The van der Waals surface area contributed by atoms with Crippen molar-refractivity contribution in [1.29, 1.82) is 0 Å². The van der Waals surface area contributed by atoms with E-state index in [1.807, 2.05) is 24.3 Å². The van der Waals surface area contributed by atoms with Crippen LogP contribution in [0.3, 0.4) is 0 Å². The standard InChI is InChI=1S/C12H10BrN3O/c13-9-2-1-3-10(7-9)16-12(17)8-4-5-15-11(14)6-8/h1-7H,(H2,14,15)(H,16,17). The summed E-state index contributed by atoms with van der Waals surface area (Å²) in [6, 6.07) is 10.5. The number of hydrogen-bond donors (Lipinski definition) is 2. The molecule has 2 rings (SSSR count). The van der Waals surface area contributed by atoms with Crippen LogP contribution in [0, 0.1) is 0 Å². The van der Waals surface area contributed by atoms with Gasteiger partial charge in [-0.05, 0) is 30.3 Å². The number of nitrogen functional groups attached to an aromatic ring is 1. The molecule has 0 aliphatic rings. The van der Waals surface area contributed by atoms with Gasteiger partial charge in [0, 0.05) is 21.9 Å². The van der Waals surface area contributed by atoms with Gasteiger partial charge in [0.1, 0.15) is 5.82 Å². The molecule has 4 nitrogen and oxygen atoms in total. The highest BCUT2D eigenvalue weighted by molar-refractivity contribution is 9.10. The minimum Gasteiger partial charge on any atom is -0.384 e. The highest BCUT2D eigenvalue weighted by Gasteiger charge is 2.06. The molecule has 1 aromatic heterocycles. The lowest BCUT2D eigenvalue weighted by atomic mass is 10.2. The molecular formula is C12H10BrN3O. The first-order valence-corrected chi connectivity index (χ1v) is 5.73. The number of nitrogens with zero attached hydrogens (tertiary/aromatic N) is 1. The van der Waals surface area contributed by atoms with Gasteiger partial charge in [-0.3, -0.25) is 4.79 Å². The molecule has 0 saturated heterocycles. The Morgan fingerprint density at radius 2 is 2.12 bits per heavy atom. The Bertz CT molecular complexity index is 557. The smallest absolute Gasteiger partial charge is 0.255 e. The van der Waals surface area contributed by atoms with Gasteiger partial charge >= 0.3 is 0 Å². The first kappa shape index (κ1) is 11.6. The van der Waals surface area contributed by atoms with Crippen molar-refractivity contribution in [3.05, 3.63) is 52.6 Å². The number of aromatic nitrogens is 1. The van der Waals surface area contributed by atoms with Crippen LogP contribution in [0.15, 0.2) is 47.1 Å². The Morgan fingerprint density at radius 1 is 1.29 bits per heavy atom. The Balaban J connectivity index is 2.17. The molecule has 0 radical (unpaired) electrons. The average Bonchev–Trinajstić information content (AvgIpc) is 2.29. The molecule has 1 aromatic carbocycles. The minimum absolute atomic E-state index is 0.211. The van der Waals surface area contributed by atoms with Crippen LogP contribution in [0.1, 0.15) is 10.4 Å². The highest BCUT2D eigenvalue weighted by atomic mass is 79.9. The molecule has 0 spiro atoms. The molecule has 3 N–H and O–H groups in total. The summed E-state index contributed by atoms with van der Waals surface area (Å²) >= 11 is 3.34. The van der Waals surface area contributed by atoms with Crippen molar-refractivity contribution in [2.75, 3.05) is 11.1 Å². The molecule has 0 atom stereocenters. The number of carbonyl (C=O) groups excluding carboxylic acids is 1. The fourth-order valence-corrected chi connectivity index (χ4v) is 1.76. The van der Waals surface area contributed by atoms with E-state index in [-0.39, 0.29) is 5.91 Å². The van der Waals surface area contributed by atoms with Gasteiger partial charge in [-0.2, -0.15) is 0 Å². The first-order chi connectivity index (χ1) is 8.15. The van der Waals surface area contributed by atoms with E-state index < -0.39 is 0 Å². The van der Waals surface area contributed by atoms with Crippen molar-refractivity contribution < 1.29 is 4.79 Å². The number of nitrogens with two attached hydrogens (primary N) is 1. The molecule has 0 bridgehead atoms. The zero-order chi connectivity index (χ0) is 12.3. The summed E-state index contributed by atoms with van der Waals surface area (Å²) in [6.45, 7) is 0. The molecule has 86 valence electrons. The molecule has 17 heavy (non-hydrogen) atoms. The molecule has 0 aliphatic heterocycles. The molecule has 1 heterocycles. The second-order valence-corrected chi connectivity index (χ2v) is 4.35. The molecule has 0 fully saturated rings. The van der Waals surface area contributed by atoms with E-state index in [4.69, 9.17) is 5.73 Å². The second kappa shape index (κ2) is 4.97. The Hall–Kier alpha value is -1.88. The fourth-order valence-electron chi connectivity index (χ4n) is 1.36. The van der Waals surface area contributed by atoms with E-state index in [1.54, 1.807) is 6.07 Å². The lowest BCUT2D eigenvalue weighted by Crippen LogP contribution is -2.12. The number of benzene rings is 1. The highest BCUT2D eigenvalue weighted by Crippen LogP contribution is 2.16. The maximum atomic E-state index is 11.9. The Labute approximate surface area is 107 Å². The SMILES string of the molecule is Nc1cc(C(=O)Nc2cccc(Br)c2)ccn1. The lowest BCUT2D eigenvalue weighted by molar-refractivity contribution is 0.102. The van der Waals surface area contributed by atoms with Gasteiger partial charge in [0.15, 0.2) is 0 Å². The van der Waals surface area contributed by atoms with E-state index in [2.05, 4.69) is 26.2 Å². The van der Waals surface area contributed by atoms with Crippen LogP contribution in [0.2, 0.25) is 0 Å². The van der Waals surface area contributed by atoms with Crippen LogP contribution < -0.4 is 11.1 Å². The van der Waals surface area contributed by atoms with E-state index in [0.717, 1.165) is 10.2 Å². The number of amides is 1. The minimum atomic E-state index is -0.211. The van der Waals surface area contributed by atoms with Crippen molar-refractivity contribution in [3.8, 4) is 0 Å². The molecule has 0 unspecified atom stereocenters. The van der Waals surface area contributed by atoms with Crippen molar-refractivity contribution in [1.82, 2.24) is 4.98 Å². The van der Waals surface area contributed by atoms with Gasteiger partial charge in [-0.1, -0.05) is 22.0 Å². The zero-order valence-corrected chi connectivity index (χ0v) is 10.4. The van der Waals surface area contributed by atoms with E-state index >= 15 is 0 Å². The van der Waals surface area contributed by atoms with Crippen molar-refractivity contribution in [3.63, 3.8) is 0 Å². The van der Waals surface area contributed by atoms with Gasteiger partial charge in [-0.25, -0.2) is 4.98 Å². The number of pyridine rings is 1. The van der Waals surface area contributed by atoms with Gasteiger partial charge < -0.3 is 11.1 Å². The average molecular weight is 292 g/mol. The fraction of sp³-hybridized carbons (Fsp3) is 0. The second-order valence-electron chi connectivity index (χ2n) is 3.43. The molecular weight excluding hydrogens is 282 g/mol. The third-order valence-corrected chi connectivity index (χ3v) is 2.62. The van der Waals surface area contributed by atoms with Gasteiger partial charge in [0.2, 0.25) is 0 Å². The predicted octanol–water partition coefficient (Wildman–Crippen LogP) is 2.68. The van der Waals surface area contributed by atoms with Crippen LogP contribution in [-0.2, 0) is 0 Å². The van der Waals surface area contributed by atoms with Crippen LogP contribution in [-0.4, -0.2) is 10.9 Å². The first-order valence-electron chi connectivity index (χ1n) is 4.93. The third-order valence-electron chi connectivity index (χ3n) is 2.13. The monoisotopic (exact) mass is 291 g/mol. The summed E-state index contributed by atoms with van der Waals surface area (Å²) in [6.07, 6.45) is 1.51. The summed E-state index contributed by atoms with van der Waals surface area (Å²) in [4.78, 5) is 15.7. The van der Waals surface area contributed by atoms with E-state index in [1.165, 1.54) is 12.3 Å². The van der Waals surface area contributed by atoms with Crippen LogP contribution in [0.4, 0.5) is 11.5 Å². The number of nitrogens with one attached hydrogen (secondary N) is 1.